The third kappa shape index (κ3) is 2.82. The van der Waals surface area contributed by atoms with Crippen molar-refractivity contribution < 1.29 is 9.59 Å². The van der Waals surface area contributed by atoms with Gasteiger partial charge in [-0.1, -0.05) is 50.2 Å². The molecule has 172 valence electrons. The maximum Gasteiger partial charge on any atom is 0.245 e. The molecule has 1 aromatic heterocycles. The molecule has 1 spiro atoms. The molecular formula is C29H24N4O2. The minimum Gasteiger partial charge on any atom is -0.324 e. The highest BCUT2D eigenvalue weighted by Gasteiger charge is 2.61. The van der Waals surface area contributed by atoms with Gasteiger partial charge in [0.25, 0.3) is 0 Å². The molecule has 0 saturated heterocycles. The van der Waals surface area contributed by atoms with Gasteiger partial charge in [0.1, 0.15) is 17.3 Å². The highest BCUT2D eigenvalue weighted by atomic mass is 16.2. The first kappa shape index (κ1) is 21.2. The number of aromatic nitrogens is 1. The summed E-state index contributed by atoms with van der Waals surface area (Å²) in [5.41, 5.74) is 1.75. The first-order chi connectivity index (χ1) is 16.9. The average Bonchev–Trinajstić information content (AvgIpc) is 3.46. The van der Waals surface area contributed by atoms with Crippen molar-refractivity contribution in [1.82, 2.24) is 4.57 Å². The molecule has 3 heterocycles. The Hall–Kier alpha value is -4.37. The summed E-state index contributed by atoms with van der Waals surface area (Å²) in [4.78, 5) is 30.0. The van der Waals surface area contributed by atoms with Crippen molar-refractivity contribution in [1.29, 1.82) is 5.26 Å². The SMILES string of the molecule is CC1(C)CC(=O)C2=C(C1)N(c1ccccc1)C(n1cccc1)=C(C#N)[C@@]21C(=O)Nc2ccccc21. The van der Waals surface area contributed by atoms with E-state index in [1.807, 2.05) is 88.6 Å². The Bertz CT molecular complexity index is 1490. The van der Waals surface area contributed by atoms with Gasteiger partial charge in [-0.05, 0) is 42.2 Å². The fourth-order valence-corrected chi connectivity index (χ4v) is 5.90. The summed E-state index contributed by atoms with van der Waals surface area (Å²) < 4.78 is 1.87. The zero-order chi connectivity index (χ0) is 24.4. The van der Waals surface area contributed by atoms with Crippen LogP contribution >= 0.6 is 0 Å². The van der Waals surface area contributed by atoms with E-state index in [9.17, 15) is 14.9 Å². The lowest BCUT2D eigenvalue weighted by Gasteiger charge is -2.47. The summed E-state index contributed by atoms with van der Waals surface area (Å²) in [5, 5.41) is 13.7. The smallest absolute Gasteiger partial charge is 0.245 e. The Morgan fingerprint density at radius 2 is 1.60 bits per heavy atom. The molecule has 6 rings (SSSR count). The van der Waals surface area contributed by atoms with Crippen LogP contribution in [0.15, 0.2) is 96.0 Å². The quantitative estimate of drug-likeness (QED) is 0.568. The van der Waals surface area contributed by atoms with Crippen LogP contribution in [0.1, 0.15) is 32.3 Å². The minimum absolute atomic E-state index is 0.0941. The van der Waals surface area contributed by atoms with E-state index in [4.69, 9.17) is 0 Å². The number of hydrogen-bond donors (Lipinski definition) is 1. The number of amides is 1. The predicted octanol–water partition coefficient (Wildman–Crippen LogP) is 5.23. The van der Waals surface area contributed by atoms with Crippen LogP contribution in [0, 0.1) is 16.7 Å². The summed E-state index contributed by atoms with van der Waals surface area (Å²) in [7, 11) is 0. The lowest BCUT2D eigenvalue weighted by molar-refractivity contribution is -0.123. The van der Waals surface area contributed by atoms with Crippen LogP contribution in [0.2, 0.25) is 0 Å². The van der Waals surface area contributed by atoms with Crippen LogP contribution in [-0.4, -0.2) is 16.3 Å². The molecule has 0 saturated carbocycles. The fourth-order valence-electron chi connectivity index (χ4n) is 5.90. The van der Waals surface area contributed by atoms with Crippen molar-refractivity contribution in [3.05, 3.63) is 102 Å². The number of rotatable bonds is 2. The molecule has 6 heteroatoms. The minimum atomic E-state index is -1.50. The van der Waals surface area contributed by atoms with Crippen molar-refractivity contribution >= 4 is 28.9 Å². The largest absolute Gasteiger partial charge is 0.324 e. The van der Waals surface area contributed by atoms with Crippen LogP contribution in [0.3, 0.4) is 0 Å². The third-order valence-electron chi connectivity index (χ3n) is 7.20. The van der Waals surface area contributed by atoms with Gasteiger partial charge in [-0.15, -0.1) is 0 Å². The zero-order valence-electron chi connectivity index (χ0n) is 19.6. The molecule has 1 atom stereocenters. The third-order valence-corrected chi connectivity index (χ3v) is 7.20. The zero-order valence-corrected chi connectivity index (χ0v) is 19.6. The maximum atomic E-state index is 14.0. The molecule has 35 heavy (non-hydrogen) atoms. The van der Waals surface area contributed by atoms with Crippen LogP contribution in [0.4, 0.5) is 11.4 Å². The molecule has 3 aliphatic rings. The van der Waals surface area contributed by atoms with Crippen LogP contribution in [0.5, 0.6) is 0 Å². The Labute approximate surface area is 203 Å². The second kappa shape index (κ2) is 7.31. The van der Waals surface area contributed by atoms with Crippen LogP contribution < -0.4 is 10.2 Å². The number of benzene rings is 2. The monoisotopic (exact) mass is 460 g/mol. The second-order valence-electron chi connectivity index (χ2n) is 10.1. The molecule has 0 unspecified atom stereocenters. The summed E-state index contributed by atoms with van der Waals surface area (Å²) in [6.45, 7) is 4.15. The number of allylic oxidation sites excluding steroid dienone is 1. The van der Waals surface area contributed by atoms with Gasteiger partial charge in [0.2, 0.25) is 5.91 Å². The maximum absolute atomic E-state index is 14.0. The first-order valence-electron chi connectivity index (χ1n) is 11.7. The highest BCUT2D eigenvalue weighted by molar-refractivity contribution is 6.21. The van der Waals surface area contributed by atoms with Crippen LogP contribution in [0.25, 0.3) is 5.82 Å². The number of anilines is 2. The summed E-state index contributed by atoms with van der Waals surface area (Å²) in [5.74, 6) is 0.122. The number of para-hydroxylation sites is 2. The average molecular weight is 461 g/mol. The second-order valence-corrected chi connectivity index (χ2v) is 10.1. The molecule has 1 N–H and O–H groups in total. The summed E-state index contributed by atoms with van der Waals surface area (Å²) >= 11 is 0. The van der Waals surface area contributed by atoms with Gasteiger partial charge in [0, 0.05) is 47.0 Å². The molecule has 0 bridgehead atoms. The number of carbonyl (C=O) groups excluding carboxylic acids is 2. The molecule has 0 fully saturated rings. The Morgan fingerprint density at radius 1 is 0.914 bits per heavy atom. The van der Waals surface area contributed by atoms with Gasteiger partial charge in [-0.3, -0.25) is 14.5 Å². The van der Waals surface area contributed by atoms with Gasteiger partial charge in [-0.2, -0.15) is 5.26 Å². The van der Waals surface area contributed by atoms with Crippen molar-refractivity contribution in [2.24, 2.45) is 5.41 Å². The standard InChI is InChI=1S/C29H24N4O2/c1-28(2)16-23-25(24(34)17-28)29(20-12-6-7-13-22(20)31-27(29)35)21(18-30)26(32-14-8-9-15-32)33(23)19-10-4-3-5-11-19/h3-15H,16-17H2,1-2H3,(H,31,35)/t29-/m1/s1. The molecule has 2 aliphatic heterocycles. The van der Waals surface area contributed by atoms with Crippen molar-refractivity contribution in [3.63, 3.8) is 0 Å². The highest BCUT2D eigenvalue weighted by Crippen LogP contribution is 2.58. The topological polar surface area (TPSA) is 78.1 Å². The lowest BCUT2D eigenvalue weighted by Crippen LogP contribution is -2.51. The number of ketones is 1. The number of Topliss-reactive ketones (excluding diaryl/α,β-unsaturated/α-hetero) is 1. The molecule has 1 amide bonds. The van der Waals surface area contributed by atoms with E-state index >= 15 is 0 Å². The van der Waals surface area contributed by atoms with Crippen molar-refractivity contribution in [2.45, 2.75) is 32.1 Å². The lowest BCUT2D eigenvalue weighted by atomic mass is 9.60. The van der Waals surface area contributed by atoms with E-state index in [1.54, 1.807) is 0 Å². The van der Waals surface area contributed by atoms with Crippen LogP contribution in [-0.2, 0) is 15.0 Å². The molecule has 0 radical (unpaired) electrons. The first-order valence-corrected chi connectivity index (χ1v) is 11.7. The predicted molar refractivity (Wildman–Crippen MR) is 134 cm³/mol. The fraction of sp³-hybridized carbons (Fsp3) is 0.207. The number of nitrogens with one attached hydrogen (secondary N) is 1. The number of nitriles is 1. The van der Waals surface area contributed by atoms with Crippen molar-refractivity contribution in [3.8, 4) is 6.07 Å². The van der Waals surface area contributed by atoms with E-state index < -0.39 is 5.41 Å². The van der Waals surface area contributed by atoms with E-state index in [1.165, 1.54) is 0 Å². The van der Waals surface area contributed by atoms with Gasteiger partial charge in [0.05, 0.1) is 5.57 Å². The van der Waals surface area contributed by atoms with Crippen molar-refractivity contribution in [2.75, 3.05) is 10.2 Å². The van der Waals surface area contributed by atoms with E-state index in [-0.39, 0.29) is 22.7 Å². The van der Waals surface area contributed by atoms with E-state index in [2.05, 4.69) is 25.2 Å². The summed E-state index contributed by atoms with van der Waals surface area (Å²) in [6, 6.07) is 23.3. The summed E-state index contributed by atoms with van der Waals surface area (Å²) in [6.07, 6.45) is 4.64. The Morgan fingerprint density at radius 3 is 2.31 bits per heavy atom. The molecule has 3 aromatic rings. The molecule has 6 nitrogen and oxygen atoms in total. The Balaban J connectivity index is 1.80. The number of fused-ring (bicyclic) bond motifs is 3. The Kier molecular flexibility index (Phi) is 4.43. The van der Waals surface area contributed by atoms with E-state index in [0.29, 0.717) is 35.5 Å². The number of hydrogen-bond acceptors (Lipinski definition) is 4. The van der Waals surface area contributed by atoms with E-state index in [0.717, 1.165) is 11.4 Å². The molecule has 2 aromatic carbocycles. The van der Waals surface area contributed by atoms with Gasteiger partial charge in [0.15, 0.2) is 5.78 Å². The number of carbonyl (C=O) groups is 2. The molecular weight excluding hydrogens is 436 g/mol. The van der Waals surface area contributed by atoms with Gasteiger partial charge < -0.3 is 9.88 Å². The molecule has 1 aliphatic carbocycles. The normalized spacial score (nSPS) is 22.7. The number of nitrogens with zero attached hydrogens (tertiary/aromatic N) is 3. The van der Waals surface area contributed by atoms with Gasteiger partial charge >= 0.3 is 0 Å². The van der Waals surface area contributed by atoms with Gasteiger partial charge in [-0.25, -0.2) is 0 Å².